The largest absolute Gasteiger partial charge is 0.374 e. The van der Waals surface area contributed by atoms with Gasteiger partial charge in [0.05, 0.1) is 12.7 Å². The van der Waals surface area contributed by atoms with Gasteiger partial charge in [0.15, 0.2) is 0 Å². The molecule has 0 aliphatic carbocycles. The van der Waals surface area contributed by atoms with E-state index in [1.807, 2.05) is 0 Å². The summed E-state index contributed by atoms with van der Waals surface area (Å²) in [6.45, 7) is 1.24. The first-order chi connectivity index (χ1) is 9.45. The molecule has 20 heavy (non-hydrogen) atoms. The van der Waals surface area contributed by atoms with Gasteiger partial charge in [-0.1, -0.05) is 11.6 Å². The highest BCUT2D eigenvalue weighted by Gasteiger charge is 2.32. The number of rotatable bonds is 4. The highest BCUT2D eigenvalue weighted by Crippen LogP contribution is 2.23. The highest BCUT2D eigenvalue weighted by molar-refractivity contribution is 7.89. The van der Waals surface area contributed by atoms with Gasteiger partial charge in [-0.15, -0.1) is 0 Å². The maximum atomic E-state index is 13.8. The van der Waals surface area contributed by atoms with Crippen LogP contribution < -0.4 is 5.32 Å². The Bertz CT molecular complexity index is 580. The van der Waals surface area contributed by atoms with Crippen molar-refractivity contribution < 1.29 is 17.5 Å². The Labute approximate surface area is 122 Å². The maximum Gasteiger partial charge on any atom is 0.246 e. The van der Waals surface area contributed by atoms with Gasteiger partial charge in [0.1, 0.15) is 10.7 Å². The van der Waals surface area contributed by atoms with Crippen molar-refractivity contribution in [2.75, 3.05) is 33.3 Å². The summed E-state index contributed by atoms with van der Waals surface area (Å²) < 4.78 is 45.4. The molecule has 0 spiro atoms. The first-order valence-corrected chi connectivity index (χ1v) is 7.98. The van der Waals surface area contributed by atoms with Crippen LogP contribution in [0.4, 0.5) is 4.39 Å². The lowest BCUT2D eigenvalue weighted by Crippen LogP contribution is -2.48. The minimum Gasteiger partial charge on any atom is -0.374 e. The van der Waals surface area contributed by atoms with Crippen LogP contribution in [0.1, 0.15) is 0 Å². The maximum absolute atomic E-state index is 13.8. The van der Waals surface area contributed by atoms with Crippen LogP contribution in [0.3, 0.4) is 0 Å². The molecule has 1 aromatic rings. The number of hydrogen-bond acceptors (Lipinski definition) is 4. The Balaban J connectivity index is 2.25. The van der Waals surface area contributed by atoms with Gasteiger partial charge in [-0.25, -0.2) is 12.8 Å². The molecule has 1 N–H and O–H groups in total. The van der Waals surface area contributed by atoms with E-state index in [4.69, 9.17) is 16.3 Å². The van der Waals surface area contributed by atoms with Crippen molar-refractivity contribution in [2.24, 2.45) is 0 Å². The molecular weight excluding hydrogens is 307 g/mol. The Kier molecular flexibility index (Phi) is 4.98. The van der Waals surface area contributed by atoms with E-state index < -0.39 is 15.8 Å². The molecule has 1 heterocycles. The number of morpholine rings is 1. The first kappa shape index (κ1) is 15.7. The Morgan fingerprint density at radius 3 is 2.95 bits per heavy atom. The third-order valence-electron chi connectivity index (χ3n) is 3.05. The monoisotopic (exact) mass is 322 g/mol. The van der Waals surface area contributed by atoms with Gasteiger partial charge in [0, 0.05) is 24.7 Å². The molecule has 1 saturated heterocycles. The summed E-state index contributed by atoms with van der Waals surface area (Å²) in [7, 11) is -2.11. The van der Waals surface area contributed by atoms with Gasteiger partial charge in [0.25, 0.3) is 0 Å². The molecule has 0 amide bonds. The van der Waals surface area contributed by atoms with Crippen LogP contribution in [-0.4, -0.2) is 52.1 Å². The SMILES string of the molecule is CNCC1CN(S(=O)(=O)c2ccc(Cl)cc2F)CCO1. The third kappa shape index (κ3) is 3.29. The molecule has 0 aromatic heterocycles. The number of halogens is 2. The number of sulfonamides is 1. The smallest absolute Gasteiger partial charge is 0.246 e. The second kappa shape index (κ2) is 6.36. The van der Waals surface area contributed by atoms with Crippen LogP contribution in [0.25, 0.3) is 0 Å². The lowest BCUT2D eigenvalue weighted by Gasteiger charge is -2.32. The standard InChI is InChI=1S/C12H16ClFN2O3S/c1-15-7-10-8-16(4-5-19-10)20(17,18)12-3-2-9(13)6-11(12)14/h2-3,6,10,15H,4-5,7-8H2,1H3. The number of nitrogens with one attached hydrogen (secondary N) is 1. The third-order valence-corrected chi connectivity index (χ3v) is 5.18. The van der Waals surface area contributed by atoms with Crippen molar-refractivity contribution in [1.82, 2.24) is 9.62 Å². The normalized spacial score (nSPS) is 21.1. The molecule has 112 valence electrons. The molecule has 1 atom stereocenters. The summed E-state index contributed by atoms with van der Waals surface area (Å²) in [6, 6.07) is 3.55. The Morgan fingerprint density at radius 1 is 1.55 bits per heavy atom. The summed E-state index contributed by atoms with van der Waals surface area (Å²) >= 11 is 5.64. The van der Waals surface area contributed by atoms with Crippen LogP contribution in [0.15, 0.2) is 23.1 Å². The van der Waals surface area contributed by atoms with E-state index in [-0.39, 0.29) is 29.1 Å². The summed E-state index contributed by atoms with van der Waals surface area (Å²) in [5.74, 6) is -0.839. The Hall–Kier alpha value is -0.730. The highest BCUT2D eigenvalue weighted by atomic mass is 35.5. The Morgan fingerprint density at radius 2 is 2.30 bits per heavy atom. The van der Waals surface area contributed by atoms with E-state index in [1.165, 1.54) is 16.4 Å². The van der Waals surface area contributed by atoms with Crippen molar-refractivity contribution >= 4 is 21.6 Å². The average Bonchev–Trinajstić information content (AvgIpc) is 2.39. The fourth-order valence-corrected chi connectivity index (χ4v) is 3.74. The average molecular weight is 323 g/mol. The fourth-order valence-electron chi connectivity index (χ4n) is 2.09. The van der Waals surface area contributed by atoms with Gasteiger partial charge in [-0.3, -0.25) is 0 Å². The van der Waals surface area contributed by atoms with Gasteiger partial charge in [0.2, 0.25) is 10.0 Å². The molecule has 1 fully saturated rings. The molecule has 2 rings (SSSR count). The van der Waals surface area contributed by atoms with Crippen LogP contribution in [0.2, 0.25) is 5.02 Å². The number of benzene rings is 1. The molecule has 1 aliphatic heterocycles. The molecule has 5 nitrogen and oxygen atoms in total. The van der Waals surface area contributed by atoms with Gasteiger partial charge in [-0.2, -0.15) is 4.31 Å². The minimum atomic E-state index is -3.87. The number of hydrogen-bond donors (Lipinski definition) is 1. The fraction of sp³-hybridized carbons (Fsp3) is 0.500. The summed E-state index contributed by atoms with van der Waals surface area (Å²) in [5, 5.41) is 3.09. The molecule has 8 heteroatoms. The van der Waals surface area contributed by atoms with E-state index >= 15 is 0 Å². The molecule has 1 aromatic carbocycles. The van der Waals surface area contributed by atoms with Crippen molar-refractivity contribution in [1.29, 1.82) is 0 Å². The van der Waals surface area contributed by atoms with Crippen LogP contribution >= 0.6 is 11.6 Å². The van der Waals surface area contributed by atoms with E-state index in [0.717, 1.165) is 6.07 Å². The number of nitrogens with zero attached hydrogens (tertiary/aromatic N) is 1. The zero-order chi connectivity index (χ0) is 14.8. The summed E-state index contributed by atoms with van der Waals surface area (Å²) in [5.41, 5.74) is 0. The zero-order valence-corrected chi connectivity index (χ0v) is 12.5. The second-order valence-corrected chi connectivity index (χ2v) is 6.83. The topological polar surface area (TPSA) is 58.6 Å². The van der Waals surface area contributed by atoms with Crippen LogP contribution in [-0.2, 0) is 14.8 Å². The minimum absolute atomic E-state index is 0.163. The van der Waals surface area contributed by atoms with Crippen molar-refractivity contribution in [3.05, 3.63) is 29.0 Å². The molecule has 0 bridgehead atoms. The van der Waals surface area contributed by atoms with Gasteiger partial charge in [-0.05, 0) is 25.2 Å². The molecule has 1 aliphatic rings. The van der Waals surface area contributed by atoms with Crippen molar-refractivity contribution in [3.8, 4) is 0 Å². The first-order valence-electron chi connectivity index (χ1n) is 6.16. The van der Waals surface area contributed by atoms with Crippen molar-refractivity contribution in [2.45, 2.75) is 11.0 Å². The van der Waals surface area contributed by atoms with Crippen LogP contribution in [0.5, 0.6) is 0 Å². The zero-order valence-electron chi connectivity index (χ0n) is 11.0. The van der Waals surface area contributed by atoms with Crippen molar-refractivity contribution in [3.63, 3.8) is 0 Å². The van der Waals surface area contributed by atoms with Gasteiger partial charge >= 0.3 is 0 Å². The predicted octanol–water partition coefficient (Wildman–Crippen LogP) is 1.09. The lowest BCUT2D eigenvalue weighted by atomic mass is 10.3. The van der Waals surface area contributed by atoms with E-state index in [0.29, 0.717) is 13.2 Å². The molecule has 0 saturated carbocycles. The van der Waals surface area contributed by atoms with E-state index in [9.17, 15) is 12.8 Å². The quantitative estimate of drug-likeness (QED) is 0.901. The predicted molar refractivity (Wildman–Crippen MR) is 73.8 cm³/mol. The van der Waals surface area contributed by atoms with E-state index in [1.54, 1.807) is 7.05 Å². The van der Waals surface area contributed by atoms with Crippen LogP contribution in [0, 0.1) is 5.82 Å². The summed E-state index contributed by atoms with van der Waals surface area (Å²) in [4.78, 5) is -0.355. The lowest BCUT2D eigenvalue weighted by molar-refractivity contribution is 0.000767. The second-order valence-electron chi connectivity index (χ2n) is 4.49. The number of ether oxygens (including phenoxy) is 1. The summed E-state index contributed by atoms with van der Waals surface area (Å²) in [6.07, 6.45) is -0.237. The molecule has 1 unspecified atom stereocenters. The molecule has 0 radical (unpaired) electrons. The molecular formula is C12H16ClFN2O3S. The van der Waals surface area contributed by atoms with Gasteiger partial charge < -0.3 is 10.1 Å². The van der Waals surface area contributed by atoms with E-state index in [2.05, 4.69) is 5.32 Å². The number of likely N-dealkylation sites (N-methyl/N-ethyl adjacent to an activating group) is 1.